The van der Waals surface area contributed by atoms with Crippen LogP contribution in [0.5, 0.6) is 0 Å². The van der Waals surface area contributed by atoms with E-state index >= 15 is 0 Å². The average molecular weight is 255 g/mol. The van der Waals surface area contributed by atoms with Crippen LogP contribution < -0.4 is 0 Å². The quantitative estimate of drug-likeness (QED) is 0.618. The molecule has 0 spiro atoms. The first-order valence-electron chi connectivity index (χ1n) is 4.93. The molecule has 0 aromatic carbocycles. The number of allylic oxidation sites excluding steroid dienone is 4. The van der Waals surface area contributed by atoms with Gasteiger partial charge in [-0.3, -0.25) is 0 Å². The lowest BCUT2D eigenvalue weighted by Gasteiger charge is -2.27. The van der Waals surface area contributed by atoms with Crippen molar-refractivity contribution in [1.29, 1.82) is 36.8 Å². The molecule has 88 valence electrons. The fourth-order valence-corrected chi connectivity index (χ4v) is 1.88. The van der Waals surface area contributed by atoms with Gasteiger partial charge in [-0.2, -0.15) is 36.8 Å². The highest BCUT2D eigenvalue weighted by Crippen LogP contribution is 2.46. The molecule has 7 nitrogen and oxygen atoms in total. The molecule has 0 N–H and O–H groups in total. The van der Waals surface area contributed by atoms with Gasteiger partial charge in [0.1, 0.15) is 18.1 Å². The highest BCUT2D eigenvalue weighted by molar-refractivity contribution is 5.70. The molecule has 0 radical (unpaired) electrons. The Morgan fingerprint density at radius 3 is 1.55 bits per heavy atom. The van der Waals surface area contributed by atoms with Gasteiger partial charge in [0, 0.05) is 0 Å². The van der Waals surface area contributed by atoms with Crippen molar-refractivity contribution < 1.29 is 0 Å². The molecule has 0 aromatic heterocycles. The van der Waals surface area contributed by atoms with Crippen molar-refractivity contribution in [2.75, 3.05) is 0 Å². The molecule has 1 aliphatic rings. The predicted octanol–water partition coefficient (Wildman–Crippen LogP) is 0.861. The SMILES string of the molecule is N#CC1=C(C#N)C(C#N)C(C#N)(C#N)C(C#N)=C1C#N. The van der Waals surface area contributed by atoms with Crippen LogP contribution in [0.4, 0.5) is 0 Å². The fourth-order valence-electron chi connectivity index (χ4n) is 1.88. The van der Waals surface area contributed by atoms with Crippen LogP contribution >= 0.6 is 0 Å². The normalized spacial score (nSPS) is 19.1. The molecule has 1 unspecified atom stereocenters. The average Bonchev–Trinajstić information content (AvgIpc) is 2.51. The van der Waals surface area contributed by atoms with Gasteiger partial charge in [-0.15, -0.1) is 0 Å². The first kappa shape index (κ1) is 14.0. The molecule has 0 amide bonds. The van der Waals surface area contributed by atoms with E-state index < -0.39 is 33.6 Å². The van der Waals surface area contributed by atoms with Crippen molar-refractivity contribution in [3.63, 3.8) is 0 Å². The summed E-state index contributed by atoms with van der Waals surface area (Å²) in [5.41, 5.74) is -4.25. The van der Waals surface area contributed by atoms with Crippen molar-refractivity contribution >= 4 is 0 Å². The van der Waals surface area contributed by atoms with Gasteiger partial charge < -0.3 is 0 Å². The van der Waals surface area contributed by atoms with Crippen LogP contribution in [0.25, 0.3) is 0 Å². The van der Waals surface area contributed by atoms with E-state index in [-0.39, 0.29) is 0 Å². The molecule has 1 aliphatic carbocycles. The molecular weight excluding hydrogens is 254 g/mol. The Kier molecular flexibility index (Phi) is 3.53. The summed E-state index contributed by atoms with van der Waals surface area (Å²) in [6, 6.07) is 10.9. The molecule has 0 aliphatic heterocycles. The lowest BCUT2D eigenvalue weighted by molar-refractivity contribution is 0.516. The van der Waals surface area contributed by atoms with Crippen molar-refractivity contribution in [2.24, 2.45) is 11.3 Å². The van der Waals surface area contributed by atoms with Crippen LogP contribution in [0.1, 0.15) is 0 Å². The highest BCUT2D eigenvalue weighted by Gasteiger charge is 2.52. The summed E-state index contributed by atoms with van der Waals surface area (Å²) in [4.78, 5) is 0. The van der Waals surface area contributed by atoms with E-state index in [0.717, 1.165) is 0 Å². The van der Waals surface area contributed by atoms with Crippen molar-refractivity contribution in [2.45, 2.75) is 0 Å². The van der Waals surface area contributed by atoms with Crippen molar-refractivity contribution in [1.82, 2.24) is 0 Å². The minimum Gasteiger partial charge on any atom is -0.198 e. The van der Waals surface area contributed by atoms with Crippen LogP contribution in [0.15, 0.2) is 22.3 Å². The third-order valence-electron chi connectivity index (χ3n) is 2.82. The predicted molar refractivity (Wildman–Crippen MR) is 59.3 cm³/mol. The van der Waals surface area contributed by atoms with Crippen LogP contribution in [0.2, 0.25) is 0 Å². The highest BCUT2D eigenvalue weighted by atomic mass is 14.5. The number of nitriles is 7. The molecule has 1 rings (SSSR count). The van der Waals surface area contributed by atoms with Crippen molar-refractivity contribution in [3.05, 3.63) is 22.3 Å². The smallest absolute Gasteiger partial charge is 0.198 e. The van der Waals surface area contributed by atoms with Crippen LogP contribution in [0.3, 0.4) is 0 Å². The number of nitrogens with zero attached hydrogens (tertiary/aromatic N) is 7. The van der Waals surface area contributed by atoms with Crippen LogP contribution in [0, 0.1) is 90.7 Å². The zero-order valence-corrected chi connectivity index (χ0v) is 9.71. The van der Waals surface area contributed by atoms with Crippen LogP contribution in [-0.2, 0) is 0 Å². The molecule has 0 aromatic rings. The summed E-state index contributed by atoms with van der Waals surface area (Å²) in [6.45, 7) is 0. The van der Waals surface area contributed by atoms with E-state index in [2.05, 4.69) is 0 Å². The summed E-state index contributed by atoms with van der Waals surface area (Å²) in [5, 5.41) is 63.7. The number of hydrogen-bond acceptors (Lipinski definition) is 7. The topological polar surface area (TPSA) is 167 Å². The lowest BCUT2D eigenvalue weighted by atomic mass is 9.63. The Morgan fingerprint density at radius 1 is 0.700 bits per heavy atom. The molecule has 7 heteroatoms. The minimum absolute atomic E-state index is 0.445. The van der Waals surface area contributed by atoms with E-state index in [0.29, 0.717) is 0 Å². The first-order chi connectivity index (χ1) is 9.61. The molecule has 1 atom stereocenters. The Morgan fingerprint density at radius 2 is 1.25 bits per heavy atom. The summed E-state index contributed by atoms with van der Waals surface area (Å²) in [5.74, 6) is -1.59. The van der Waals surface area contributed by atoms with Crippen LogP contribution in [-0.4, -0.2) is 0 Å². The summed E-state index contributed by atoms with van der Waals surface area (Å²) in [7, 11) is 0. The maximum Gasteiger partial charge on any atom is 0.200 e. The standard InChI is InChI=1S/C13HN7/c14-1-8-9(2-15)11(4-17)13(6-19,7-20)12(5-18)10(8)3-16/h11H. The minimum atomic E-state index is -2.26. The summed E-state index contributed by atoms with van der Waals surface area (Å²) < 4.78 is 0. The third kappa shape index (κ3) is 1.46. The van der Waals surface area contributed by atoms with Gasteiger partial charge in [-0.05, 0) is 0 Å². The Labute approximate surface area is 113 Å². The molecule has 0 heterocycles. The van der Waals surface area contributed by atoms with Gasteiger partial charge in [0.15, 0.2) is 5.41 Å². The Balaban J connectivity index is 4.09. The van der Waals surface area contributed by atoms with E-state index in [4.69, 9.17) is 26.3 Å². The van der Waals surface area contributed by atoms with Gasteiger partial charge in [0.25, 0.3) is 0 Å². The Bertz CT molecular complexity index is 824. The lowest BCUT2D eigenvalue weighted by Crippen LogP contribution is -2.34. The Hall–Kier alpha value is -4.09. The summed E-state index contributed by atoms with van der Waals surface area (Å²) >= 11 is 0. The van der Waals surface area contributed by atoms with Gasteiger partial charge >= 0.3 is 0 Å². The van der Waals surface area contributed by atoms with E-state index in [1.54, 1.807) is 24.3 Å². The molecule has 0 saturated carbocycles. The molecule has 0 bridgehead atoms. The van der Waals surface area contributed by atoms with Gasteiger partial charge in [0.05, 0.1) is 52.6 Å². The molecule has 20 heavy (non-hydrogen) atoms. The van der Waals surface area contributed by atoms with E-state index in [1.165, 1.54) is 18.2 Å². The second-order valence-corrected chi connectivity index (χ2v) is 3.58. The zero-order valence-electron chi connectivity index (χ0n) is 9.71. The second kappa shape index (κ2) is 5.05. The summed E-state index contributed by atoms with van der Waals surface area (Å²) in [6.07, 6.45) is 0. The number of rotatable bonds is 0. The molecule has 0 saturated heterocycles. The maximum atomic E-state index is 9.20. The monoisotopic (exact) mass is 255 g/mol. The molecule has 0 fully saturated rings. The van der Waals surface area contributed by atoms with E-state index in [1.807, 2.05) is 0 Å². The second-order valence-electron chi connectivity index (χ2n) is 3.58. The largest absolute Gasteiger partial charge is 0.200 e. The van der Waals surface area contributed by atoms with Gasteiger partial charge in [-0.25, -0.2) is 0 Å². The van der Waals surface area contributed by atoms with Gasteiger partial charge in [-0.1, -0.05) is 0 Å². The van der Waals surface area contributed by atoms with Crippen molar-refractivity contribution in [3.8, 4) is 42.5 Å². The number of hydrogen-bond donors (Lipinski definition) is 0. The molecular formula is C13HN7. The first-order valence-corrected chi connectivity index (χ1v) is 4.93. The third-order valence-corrected chi connectivity index (χ3v) is 2.82. The van der Waals surface area contributed by atoms with Gasteiger partial charge in [0.2, 0.25) is 0 Å². The van der Waals surface area contributed by atoms with E-state index in [9.17, 15) is 10.5 Å². The zero-order chi connectivity index (χ0) is 15.3. The maximum absolute atomic E-state index is 9.20. The fraction of sp³-hybridized carbons (Fsp3) is 0.154.